The van der Waals surface area contributed by atoms with E-state index in [1.807, 2.05) is 0 Å². The van der Waals surface area contributed by atoms with E-state index < -0.39 is 10.0 Å². The van der Waals surface area contributed by atoms with Crippen LogP contribution in [0.5, 0.6) is 0 Å². The summed E-state index contributed by atoms with van der Waals surface area (Å²) in [6.07, 6.45) is 15.8. The zero-order chi connectivity index (χ0) is 19.0. The maximum Gasteiger partial charge on any atom is 0.211 e. The molecule has 0 saturated carbocycles. The Morgan fingerprint density at radius 1 is 1.00 bits per heavy atom. The summed E-state index contributed by atoms with van der Waals surface area (Å²) in [4.78, 5) is 2.79. The maximum absolute atomic E-state index is 11.7. The molecule has 4 aliphatic rings. The average molecular weight is 394 g/mol. The molecule has 0 spiro atoms. The summed E-state index contributed by atoms with van der Waals surface area (Å²) in [5.74, 6) is 0.529. The summed E-state index contributed by atoms with van der Waals surface area (Å²) in [5.41, 5.74) is 2.97. The first kappa shape index (κ1) is 19.5. The standard InChI is InChI=1S/C21H35N3O2S/c1-16-15-17(21-9-7-19-5-3-4-12-24(19)21)6-8-20(16)22-18-10-13-23(14-11-18)27(2,25)26/h6,8,16,18-19,21-22H,3-5,7,9-15H2,1-2H3/t16-,19+,21+/m0/s1. The molecule has 3 heterocycles. The molecule has 6 heteroatoms. The van der Waals surface area contributed by atoms with Gasteiger partial charge in [-0.3, -0.25) is 4.90 Å². The third kappa shape index (κ3) is 4.28. The van der Waals surface area contributed by atoms with Crippen molar-refractivity contribution in [3.63, 3.8) is 0 Å². The van der Waals surface area contributed by atoms with Crippen molar-refractivity contribution in [3.8, 4) is 0 Å². The third-order valence-electron chi connectivity index (χ3n) is 7.12. The molecule has 0 aromatic heterocycles. The molecule has 0 radical (unpaired) electrons. The fraction of sp³-hybridized carbons (Fsp3) is 0.810. The van der Waals surface area contributed by atoms with Gasteiger partial charge in [0, 0.05) is 36.9 Å². The van der Waals surface area contributed by atoms with E-state index in [1.165, 1.54) is 50.6 Å². The van der Waals surface area contributed by atoms with E-state index in [2.05, 4.69) is 29.3 Å². The van der Waals surface area contributed by atoms with Gasteiger partial charge in [-0.05, 0) is 63.5 Å². The molecule has 0 unspecified atom stereocenters. The highest BCUT2D eigenvalue weighted by atomic mass is 32.2. The number of hydrogen-bond donors (Lipinski definition) is 1. The van der Waals surface area contributed by atoms with Gasteiger partial charge in [0.1, 0.15) is 0 Å². The number of piperidine rings is 2. The van der Waals surface area contributed by atoms with Crippen molar-refractivity contribution in [1.82, 2.24) is 14.5 Å². The number of hydrogen-bond acceptors (Lipinski definition) is 4. The lowest BCUT2D eigenvalue weighted by Crippen LogP contribution is -2.45. The number of allylic oxidation sites excluding steroid dienone is 3. The molecule has 3 atom stereocenters. The quantitative estimate of drug-likeness (QED) is 0.798. The summed E-state index contributed by atoms with van der Waals surface area (Å²) in [7, 11) is -3.04. The molecular formula is C21H35N3O2S. The van der Waals surface area contributed by atoms with Gasteiger partial charge in [0.15, 0.2) is 0 Å². The van der Waals surface area contributed by atoms with E-state index in [-0.39, 0.29) is 0 Å². The minimum Gasteiger partial charge on any atom is -0.385 e. The normalized spacial score (nSPS) is 34.1. The molecule has 4 rings (SSSR count). The topological polar surface area (TPSA) is 52.6 Å². The molecule has 27 heavy (non-hydrogen) atoms. The molecule has 3 saturated heterocycles. The van der Waals surface area contributed by atoms with Crippen LogP contribution in [0.2, 0.25) is 0 Å². The molecule has 0 amide bonds. The molecule has 0 bridgehead atoms. The molecule has 0 aromatic rings. The first-order valence-corrected chi connectivity index (χ1v) is 12.6. The van der Waals surface area contributed by atoms with E-state index in [9.17, 15) is 8.42 Å². The van der Waals surface area contributed by atoms with Crippen molar-refractivity contribution >= 4 is 10.0 Å². The smallest absolute Gasteiger partial charge is 0.211 e. The second-order valence-electron chi connectivity index (χ2n) is 9.03. The zero-order valence-corrected chi connectivity index (χ0v) is 17.7. The van der Waals surface area contributed by atoms with Crippen molar-refractivity contribution in [2.45, 2.75) is 76.4 Å². The Hall–Kier alpha value is -0.850. The zero-order valence-electron chi connectivity index (χ0n) is 16.9. The van der Waals surface area contributed by atoms with Crippen LogP contribution in [0.1, 0.15) is 58.3 Å². The maximum atomic E-state index is 11.7. The summed E-state index contributed by atoms with van der Waals surface area (Å²) in [5, 5.41) is 3.73. The fourth-order valence-corrected chi connectivity index (χ4v) is 6.43. The van der Waals surface area contributed by atoms with E-state index in [0.717, 1.165) is 25.3 Å². The van der Waals surface area contributed by atoms with Crippen LogP contribution < -0.4 is 5.32 Å². The van der Waals surface area contributed by atoms with E-state index in [1.54, 1.807) is 9.88 Å². The lowest BCUT2D eigenvalue weighted by Gasteiger charge is -2.37. The second kappa shape index (κ2) is 7.88. The van der Waals surface area contributed by atoms with Crippen LogP contribution >= 0.6 is 0 Å². The van der Waals surface area contributed by atoms with Crippen molar-refractivity contribution < 1.29 is 8.42 Å². The van der Waals surface area contributed by atoms with Gasteiger partial charge < -0.3 is 5.32 Å². The predicted octanol–water partition coefficient (Wildman–Crippen LogP) is 2.87. The minimum absolute atomic E-state index is 0.393. The highest BCUT2D eigenvalue weighted by Crippen LogP contribution is 2.38. The van der Waals surface area contributed by atoms with Crippen LogP contribution in [-0.2, 0) is 10.0 Å². The average Bonchev–Trinajstić information content (AvgIpc) is 3.07. The SMILES string of the molecule is C[C@H]1CC([C@H]2CC[C@H]3CCCCN32)=CC=C1NC1CCN(S(C)(=O)=O)CC1. The van der Waals surface area contributed by atoms with Crippen molar-refractivity contribution in [1.29, 1.82) is 0 Å². The molecule has 152 valence electrons. The van der Waals surface area contributed by atoms with Crippen molar-refractivity contribution in [2.24, 2.45) is 5.92 Å². The fourth-order valence-electron chi connectivity index (χ4n) is 5.56. The van der Waals surface area contributed by atoms with Crippen LogP contribution in [0.15, 0.2) is 23.4 Å². The molecule has 1 N–H and O–H groups in total. The summed E-state index contributed by atoms with van der Waals surface area (Å²) in [6.45, 7) is 4.89. The third-order valence-corrected chi connectivity index (χ3v) is 8.42. The van der Waals surface area contributed by atoms with Crippen LogP contribution in [0, 0.1) is 5.92 Å². The molecule has 0 aromatic carbocycles. The van der Waals surface area contributed by atoms with Gasteiger partial charge in [-0.1, -0.05) is 25.0 Å². The van der Waals surface area contributed by atoms with Gasteiger partial charge in [-0.25, -0.2) is 12.7 Å². The number of rotatable bonds is 4. The van der Waals surface area contributed by atoms with Gasteiger partial charge >= 0.3 is 0 Å². The molecular weight excluding hydrogens is 358 g/mol. The Bertz CT molecular complexity index is 707. The molecule has 5 nitrogen and oxygen atoms in total. The van der Waals surface area contributed by atoms with Gasteiger partial charge in [-0.15, -0.1) is 0 Å². The van der Waals surface area contributed by atoms with Crippen LogP contribution in [-0.4, -0.2) is 61.6 Å². The van der Waals surface area contributed by atoms with Crippen LogP contribution in [0.3, 0.4) is 0 Å². The Morgan fingerprint density at radius 2 is 1.78 bits per heavy atom. The largest absolute Gasteiger partial charge is 0.385 e. The van der Waals surface area contributed by atoms with Crippen LogP contribution in [0.25, 0.3) is 0 Å². The summed E-state index contributed by atoms with van der Waals surface area (Å²) in [6, 6.07) is 1.90. The number of fused-ring (bicyclic) bond motifs is 1. The molecule has 3 aliphatic heterocycles. The lowest BCUT2D eigenvalue weighted by molar-refractivity contribution is 0.162. The Balaban J connectivity index is 1.36. The summed E-state index contributed by atoms with van der Waals surface area (Å²) < 4.78 is 25.0. The van der Waals surface area contributed by atoms with E-state index >= 15 is 0 Å². The second-order valence-corrected chi connectivity index (χ2v) is 11.0. The lowest BCUT2D eigenvalue weighted by atomic mass is 9.87. The van der Waals surface area contributed by atoms with Gasteiger partial charge in [0.2, 0.25) is 10.0 Å². The minimum atomic E-state index is -3.04. The highest BCUT2D eigenvalue weighted by Gasteiger charge is 2.37. The molecule has 1 aliphatic carbocycles. The molecule has 3 fully saturated rings. The summed E-state index contributed by atoms with van der Waals surface area (Å²) >= 11 is 0. The van der Waals surface area contributed by atoms with Gasteiger partial charge in [-0.2, -0.15) is 0 Å². The van der Waals surface area contributed by atoms with Gasteiger partial charge in [0.05, 0.1) is 6.26 Å². The predicted molar refractivity (Wildman–Crippen MR) is 110 cm³/mol. The number of nitrogens with one attached hydrogen (secondary N) is 1. The monoisotopic (exact) mass is 393 g/mol. The first-order valence-electron chi connectivity index (χ1n) is 10.8. The van der Waals surface area contributed by atoms with Crippen molar-refractivity contribution in [3.05, 3.63) is 23.4 Å². The van der Waals surface area contributed by atoms with E-state index in [0.29, 0.717) is 31.1 Å². The number of sulfonamides is 1. The number of nitrogens with zero attached hydrogens (tertiary/aromatic N) is 2. The Labute approximate surface area is 164 Å². The van der Waals surface area contributed by atoms with Gasteiger partial charge in [0.25, 0.3) is 0 Å². The first-order chi connectivity index (χ1) is 12.9. The van der Waals surface area contributed by atoms with Crippen molar-refractivity contribution in [2.75, 3.05) is 25.9 Å². The van der Waals surface area contributed by atoms with Crippen LogP contribution in [0.4, 0.5) is 0 Å². The highest BCUT2D eigenvalue weighted by molar-refractivity contribution is 7.88. The van der Waals surface area contributed by atoms with E-state index in [4.69, 9.17) is 0 Å². The Morgan fingerprint density at radius 3 is 2.48 bits per heavy atom. The Kier molecular flexibility index (Phi) is 5.68.